The van der Waals surface area contributed by atoms with E-state index in [0.29, 0.717) is 0 Å². The zero-order chi connectivity index (χ0) is 31.3. The molecule has 2 aliphatic heterocycles. The molecule has 1 amide bonds. The maximum absolute atomic E-state index is 14.9. The lowest BCUT2D eigenvalue weighted by Gasteiger charge is -2.21. The topological polar surface area (TPSA) is 298 Å². The van der Waals surface area contributed by atoms with Crippen LogP contribution >= 0.6 is 26.5 Å². The third-order valence-electron chi connectivity index (χ3n) is 6.57. The first-order valence-corrected chi connectivity index (χ1v) is 16.7. The molecule has 4 unspecified atom stereocenters. The van der Waals surface area contributed by atoms with Crippen LogP contribution in [0.25, 0.3) is 11.2 Å². The van der Waals surface area contributed by atoms with Crippen molar-refractivity contribution in [2.45, 2.75) is 49.0 Å². The van der Waals surface area contributed by atoms with Crippen molar-refractivity contribution in [1.29, 1.82) is 0 Å². The summed E-state index contributed by atoms with van der Waals surface area (Å²) < 4.78 is 61.9. The number of aliphatic hydroxyl groups excluding tert-OH is 3. The number of aliphatic hydroxyl groups is 3. The smallest absolute Gasteiger partial charge is 0.340 e. The van der Waals surface area contributed by atoms with Gasteiger partial charge in [-0.1, -0.05) is 0 Å². The number of rotatable bonds is 11. The Morgan fingerprint density at radius 3 is 2.33 bits per heavy atom. The zero-order valence-electron chi connectivity index (χ0n) is 21.6. The van der Waals surface area contributed by atoms with E-state index >= 15 is 0 Å². The summed E-state index contributed by atoms with van der Waals surface area (Å²) >= 11 is 0.925. The van der Waals surface area contributed by atoms with Gasteiger partial charge in [-0.3, -0.25) is 18.5 Å². The molecule has 43 heavy (non-hydrogen) atoms. The second kappa shape index (κ2) is 12.1. The molecule has 19 nitrogen and oxygen atoms in total. The number of nitrogens with zero attached hydrogens (tertiary/aromatic N) is 5. The van der Waals surface area contributed by atoms with Crippen LogP contribution in [-0.4, -0.2) is 111 Å². The SMILES string of the molecule is NC(=O)c1csc([C@@H]2O[C@H](COP(=O)(O)CP(=O)(O)OC[C@H]3O[C@@H](n4cnc5c(N)ncnc54)C(F)[C@H]3O)[C@H](O)C2O)n1. The molecule has 23 heteroatoms. The minimum Gasteiger partial charge on any atom is -0.387 e. The number of nitrogens with two attached hydrogens (primary N) is 2. The highest BCUT2D eigenvalue weighted by Gasteiger charge is 2.48. The minimum atomic E-state index is -4.91. The van der Waals surface area contributed by atoms with Gasteiger partial charge in [0.15, 0.2) is 29.8 Å². The van der Waals surface area contributed by atoms with E-state index in [9.17, 15) is 43.4 Å². The number of alkyl halides is 1. The molecule has 0 saturated carbocycles. The number of ether oxygens (including phenoxy) is 2. The molecule has 0 aromatic carbocycles. The van der Waals surface area contributed by atoms with Crippen LogP contribution in [0.5, 0.6) is 0 Å². The minimum absolute atomic E-state index is 0.0257. The van der Waals surface area contributed by atoms with Crippen molar-refractivity contribution < 1.29 is 61.9 Å². The first-order chi connectivity index (χ1) is 20.2. The number of halogens is 1. The van der Waals surface area contributed by atoms with E-state index in [1.807, 2.05) is 0 Å². The Balaban J connectivity index is 1.15. The molecule has 0 radical (unpaired) electrons. The largest absolute Gasteiger partial charge is 0.387 e. The molecule has 2 fully saturated rings. The predicted molar refractivity (Wildman–Crippen MR) is 141 cm³/mol. The first kappa shape index (κ1) is 31.9. The third kappa shape index (κ3) is 6.63. The van der Waals surface area contributed by atoms with E-state index in [1.165, 1.54) is 11.7 Å². The Labute approximate surface area is 244 Å². The normalized spacial score (nSPS) is 32.1. The van der Waals surface area contributed by atoms with Gasteiger partial charge in [0, 0.05) is 5.38 Å². The average molecular weight is 669 g/mol. The lowest BCUT2D eigenvalue weighted by Crippen LogP contribution is -2.33. The number of aromatic nitrogens is 5. The van der Waals surface area contributed by atoms with E-state index < -0.39 is 89.2 Å². The number of anilines is 1. The van der Waals surface area contributed by atoms with E-state index in [0.717, 1.165) is 22.2 Å². The van der Waals surface area contributed by atoms with Gasteiger partial charge in [-0.2, -0.15) is 0 Å². The number of thiazole rings is 1. The Hall–Kier alpha value is -2.52. The highest BCUT2D eigenvalue weighted by Crippen LogP contribution is 2.59. The van der Waals surface area contributed by atoms with Crippen molar-refractivity contribution in [1.82, 2.24) is 24.5 Å². The standard InChI is InChI=1S/C20H26FN7O12P2S/c21-10-12(29)8(40-20(10)28-5-26-11-16(22)24-4-25-18(11)28)1-37-41(33,34)6-42(35,36)38-2-9-13(30)14(31)15(39-9)19-27-7(3-43-19)17(23)32/h3-5,8-10,12-15,20,29-31H,1-2,6H2,(H2,23,32)(H,33,34)(H,35,36)(H2,22,24,25)/t8-,9-,10?,12+,13+,14?,15-,20-/m1/s1. The van der Waals surface area contributed by atoms with Crippen molar-refractivity contribution in [3.8, 4) is 0 Å². The van der Waals surface area contributed by atoms with Crippen molar-refractivity contribution in [3.05, 3.63) is 28.7 Å². The molecule has 3 aromatic heterocycles. The van der Waals surface area contributed by atoms with E-state index in [-0.39, 0.29) is 27.7 Å². The lowest BCUT2D eigenvalue weighted by molar-refractivity contribution is -0.0425. The summed E-state index contributed by atoms with van der Waals surface area (Å²) in [6.45, 7) is -1.64. The average Bonchev–Trinajstić information content (AvgIpc) is 3.70. The summed E-state index contributed by atoms with van der Waals surface area (Å²) in [7, 11) is -9.79. The number of imidazole rings is 1. The number of fused-ring (bicyclic) bond motifs is 1. The van der Waals surface area contributed by atoms with Crippen molar-refractivity contribution in [2.75, 3.05) is 24.9 Å². The molecule has 5 rings (SSSR count). The fourth-order valence-electron chi connectivity index (χ4n) is 4.43. The Kier molecular flexibility index (Phi) is 8.98. The molecule has 5 heterocycles. The van der Waals surface area contributed by atoms with Crippen LogP contribution in [0.1, 0.15) is 27.8 Å². The molecule has 0 bridgehead atoms. The predicted octanol–water partition coefficient (Wildman–Crippen LogP) is -1.22. The highest BCUT2D eigenvalue weighted by atomic mass is 32.1. The number of nitrogen functional groups attached to an aromatic ring is 1. The number of carbonyl (C=O) groups excluding carboxylic acids is 1. The number of hydrogen-bond donors (Lipinski definition) is 7. The number of hydrogen-bond acceptors (Lipinski definition) is 16. The fraction of sp³-hybridized carbons (Fsp3) is 0.550. The molecule has 0 aliphatic carbocycles. The maximum atomic E-state index is 14.9. The summed E-state index contributed by atoms with van der Waals surface area (Å²) in [6, 6.07) is 0. The van der Waals surface area contributed by atoms with Gasteiger partial charge in [-0.15, -0.1) is 11.3 Å². The Morgan fingerprint density at radius 1 is 1.05 bits per heavy atom. The van der Waals surface area contributed by atoms with Crippen LogP contribution in [-0.2, 0) is 27.7 Å². The van der Waals surface area contributed by atoms with Gasteiger partial charge < -0.3 is 55.1 Å². The van der Waals surface area contributed by atoms with Crippen molar-refractivity contribution >= 4 is 49.4 Å². The van der Waals surface area contributed by atoms with Crippen LogP contribution in [0, 0.1) is 0 Å². The van der Waals surface area contributed by atoms with Gasteiger partial charge in [0.05, 0.1) is 19.5 Å². The first-order valence-electron chi connectivity index (χ1n) is 12.3. The number of carbonyl (C=O) groups is 1. The molecule has 0 spiro atoms. The van der Waals surface area contributed by atoms with Crippen LogP contribution in [0.15, 0.2) is 18.0 Å². The molecule has 2 aliphatic rings. The maximum Gasteiger partial charge on any atom is 0.340 e. The van der Waals surface area contributed by atoms with Gasteiger partial charge in [0.1, 0.15) is 59.2 Å². The molecule has 236 valence electrons. The molecule has 9 N–H and O–H groups in total. The second-order valence-electron chi connectivity index (χ2n) is 9.60. The molecule has 3 aromatic rings. The van der Waals surface area contributed by atoms with Gasteiger partial charge in [0.25, 0.3) is 5.91 Å². The van der Waals surface area contributed by atoms with Crippen molar-refractivity contribution in [2.24, 2.45) is 5.73 Å². The summed E-state index contributed by atoms with van der Waals surface area (Å²) in [4.78, 5) is 47.3. The Morgan fingerprint density at radius 2 is 1.70 bits per heavy atom. The summed E-state index contributed by atoms with van der Waals surface area (Å²) in [6.07, 6.45) is -10.2. The summed E-state index contributed by atoms with van der Waals surface area (Å²) in [5.41, 5.74) is 11.1. The van der Waals surface area contributed by atoms with Crippen LogP contribution in [0.3, 0.4) is 0 Å². The third-order valence-corrected chi connectivity index (χ3v) is 11.4. The number of primary amides is 1. The summed E-state index contributed by atoms with van der Waals surface area (Å²) in [5, 5.41) is 32.3. The van der Waals surface area contributed by atoms with Crippen molar-refractivity contribution in [3.63, 3.8) is 0 Å². The van der Waals surface area contributed by atoms with Gasteiger partial charge in [0.2, 0.25) is 0 Å². The van der Waals surface area contributed by atoms with Gasteiger partial charge in [-0.25, -0.2) is 24.3 Å². The fourth-order valence-corrected chi connectivity index (χ4v) is 8.53. The van der Waals surface area contributed by atoms with Crippen LogP contribution < -0.4 is 11.5 Å². The zero-order valence-corrected chi connectivity index (χ0v) is 24.2. The molecular weight excluding hydrogens is 643 g/mol. The quantitative estimate of drug-likeness (QED) is 0.118. The van der Waals surface area contributed by atoms with Crippen LogP contribution in [0.2, 0.25) is 0 Å². The van der Waals surface area contributed by atoms with E-state index in [4.69, 9.17) is 30.0 Å². The Bertz CT molecular complexity index is 1600. The number of amides is 1. The second-order valence-corrected chi connectivity index (χ2v) is 14.7. The molecule has 2 saturated heterocycles. The monoisotopic (exact) mass is 669 g/mol. The van der Waals surface area contributed by atoms with Crippen LogP contribution in [0.4, 0.5) is 10.2 Å². The summed E-state index contributed by atoms with van der Waals surface area (Å²) in [5.74, 6) is -2.22. The van der Waals surface area contributed by atoms with Gasteiger partial charge in [-0.05, 0) is 0 Å². The lowest BCUT2D eigenvalue weighted by atomic mass is 10.1. The van der Waals surface area contributed by atoms with E-state index in [1.54, 1.807) is 0 Å². The molecular formula is C20H26FN7O12P2S. The van der Waals surface area contributed by atoms with E-state index in [2.05, 4.69) is 19.9 Å². The highest BCUT2D eigenvalue weighted by molar-refractivity contribution is 7.70. The molecule has 10 atom stereocenters. The van der Waals surface area contributed by atoms with Gasteiger partial charge >= 0.3 is 15.2 Å².